The predicted octanol–water partition coefficient (Wildman–Crippen LogP) is 1.19. The lowest BCUT2D eigenvalue weighted by Crippen LogP contribution is -2.18. The Bertz CT molecular complexity index is 350. The molecule has 1 rings (SSSR count). The zero-order valence-electron chi connectivity index (χ0n) is 8.91. The molecule has 0 saturated carbocycles. The van der Waals surface area contributed by atoms with Gasteiger partial charge in [0, 0.05) is 0 Å². The van der Waals surface area contributed by atoms with Gasteiger partial charge in [0.05, 0.1) is 18.7 Å². The molecule has 1 aromatic carbocycles. The first kappa shape index (κ1) is 11.5. The molecule has 82 valence electrons. The molecular weight excluding hydrogens is 194 g/mol. The Labute approximate surface area is 88.9 Å². The SMILES string of the molecule is CCOc1cccc(C(=O)CNC)c1O. The number of aromatic hydroxyl groups is 1. The van der Waals surface area contributed by atoms with Crippen molar-refractivity contribution in [3.05, 3.63) is 23.8 Å². The molecule has 0 radical (unpaired) electrons. The zero-order chi connectivity index (χ0) is 11.3. The second kappa shape index (κ2) is 5.36. The van der Waals surface area contributed by atoms with Crippen LogP contribution in [0.1, 0.15) is 17.3 Å². The summed E-state index contributed by atoms with van der Waals surface area (Å²) in [5.41, 5.74) is 0.287. The molecule has 0 unspecified atom stereocenters. The van der Waals surface area contributed by atoms with Crippen molar-refractivity contribution in [2.75, 3.05) is 20.2 Å². The van der Waals surface area contributed by atoms with E-state index in [-0.39, 0.29) is 23.6 Å². The maximum absolute atomic E-state index is 11.5. The Morgan fingerprint density at radius 2 is 2.27 bits per heavy atom. The maximum Gasteiger partial charge on any atom is 0.180 e. The van der Waals surface area contributed by atoms with Crippen LogP contribution >= 0.6 is 0 Å². The number of ketones is 1. The van der Waals surface area contributed by atoms with Crippen LogP contribution in [-0.2, 0) is 0 Å². The van der Waals surface area contributed by atoms with E-state index in [4.69, 9.17) is 4.74 Å². The first-order chi connectivity index (χ1) is 7.20. The number of hydrogen-bond donors (Lipinski definition) is 2. The van der Waals surface area contributed by atoms with Crippen LogP contribution in [0.4, 0.5) is 0 Å². The number of phenols is 1. The van der Waals surface area contributed by atoms with Crippen molar-refractivity contribution in [3.8, 4) is 11.5 Å². The maximum atomic E-state index is 11.5. The molecule has 0 aliphatic rings. The van der Waals surface area contributed by atoms with E-state index < -0.39 is 0 Å². The molecule has 0 atom stereocenters. The molecule has 15 heavy (non-hydrogen) atoms. The summed E-state index contributed by atoms with van der Waals surface area (Å²) in [5.74, 6) is 0.107. The lowest BCUT2D eigenvalue weighted by atomic mass is 10.1. The molecule has 0 fully saturated rings. The molecule has 0 saturated heterocycles. The van der Waals surface area contributed by atoms with Crippen molar-refractivity contribution < 1.29 is 14.6 Å². The number of nitrogens with one attached hydrogen (secondary N) is 1. The number of benzene rings is 1. The van der Waals surface area contributed by atoms with Crippen LogP contribution in [0.15, 0.2) is 18.2 Å². The summed E-state index contributed by atoms with van der Waals surface area (Å²) in [6.07, 6.45) is 0. The Morgan fingerprint density at radius 3 is 2.87 bits per heavy atom. The van der Waals surface area contributed by atoms with E-state index in [2.05, 4.69) is 5.32 Å². The van der Waals surface area contributed by atoms with Gasteiger partial charge in [-0.05, 0) is 26.1 Å². The van der Waals surface area contributed by atoms with Gasteiger partial charge in [0.2, 0.25) is 0 Å². The fourth-order valence-corrected chi connectivity index (χ4v) is 1.28. The molecule has 4 heteroatoms. The third-order valence-electron chi connectivity index (χ3n) is 1.94. The number of para-hydroxylation sites is 1. The minimum absolute atomic E-state index is 0.0837. The molecule has 1 aromatic rings. The Hall–Kier alpha value is -1.55. The van der Waals surface area contributed by atoms with Crippen LogP contribution in [0, 0.1) is 0 Å². The van der Waals surface area contributed by atoms with Crippen LogP contribution in [-0.4, -0.2) is 31.1 Å². The highest BCUT2D eigenvalue weighted by Gasteiger charge is 2.13. The summed E-state index contributed by atoms with van der Waals surface area (Å²) >= 11 is 0. The summed E-state index contributed by atoms with van der Waals surface area (Å²) in [7, 11) is 1.68. The Balaban J connectivity index is 2.98. The summed E-state index contributed by atoms with van der Waals surface area (Å²) < 4.78 is 5.18. The number of phenolic OH excluding ortho intramolecular Hbond substituents is 1. The van der Waals surface area contributed by atoms with Crippen molar-refractivity contribution in [1.82, 2.24) is 5.32 Å². The van der Waals surface area contributed by atoms with Gasteiger partial charge in [0.1, 0.15) is 0 Å². The smallest absolute Gasteiger partial charge is 0.180 e. The first-order valence-corrected chi connectivity index (χ1v) is 4.83. The van der Waals surface area contributed by atoms with Crippen LogP contribution in [0.2, 0.25) is 0 Å². The van der Waals surface area contributed by atoms with E-state index in [9.17, 15) is 9.90 Å². The summed E-state index contributed by atoms with van der Waals surface area (Å²) in [6.45, 7) is 2.47. The summed E-state index contributed by atoms with van der Waals surface area (Å²) in [5, 5.41) is 12.5. The standard InChI is InChI=1S/C11H15NO3/c1-3-15-10-6-4-5-8(11(10)14)9(13)7-12-2/h4-6,12,14H,3,7H2,1-2H3. The molecule has 0 amide bonds. The average molecular weight is 209 g/mol. The molecule has 0 aliphatic carbocycles. The second-order valence-electron chi connectivity index (χ2n) is 3.04. The van der Waals surface area contributed by atoms with Gasteiger partial charge in [-0.15, -0.1) is 0 Å². The molecule has 0 spiro atoms. The van der Waals surface area contributed by atoms with Gasteiger partial charge < -0.3 is 15.2 Å². The van der Waals surface area contributed by atoms with E-state index >= 15 is 0 Å². The topological polar surface area (TPSA) is 58.6 Å². The zero-order valence-corrected chi connectivity index (χ0v) is 8.91. The van der Waals surface area contributed by atoms with Crippen LogP contribution in [0.3, 0.4) is 0 Å². The van der Waals surface area contributed by atoms with E-state index in [1.54, 1.807) is 25.2 Å². The lowest BCUT2D eigenvalue weighted by molar-refractivity contribution is 0.0990. The van der Waals surface area contributed by atoms with Crippen LogP contribution < -0.4 is 10.1 Å². The number of hydrogen-bond acceptors (Lipinski definition) is 4. The largest absolute Gasteiger partial charge is 0.504 e. The molecule has 0 aromatic heterocycles. The van der Waals surface area contributed by atoms with Crippen LogP contribution in [0.5, 0.6) is 11.5 Å². The second-order valence-corrected chi connectivity index (χ2v) is 3.04. The minimum Gasteiger partial charge on any atom is -0.504 e. The Morgan fingerprint density at radius 1 is 1.53 bits per heavy atom. The van der Waals surface area contributed by atoms with Crippen molar-refractivity contribution >= 4 is 5.78 Å². The fourth-order valence-electron chi connectivity index (χ4n) is 1.28. The fraction of sp³-hybridized carbons (Fsp3) is 0.364. The number of Topliss-reactive ketones (excluding diaryl/α,β-unsaturated/α-hetero) is 1. The number of rotatable bonds is 5. The number of ether oxygens (including phenoxy) is 1. The monoisotopic (exact) mass is 209 g/mol. The quantitative estimate of drug-likeness (QED) is 0.715. The lowest BCUT2D eigenvalue weighted by Gasteiger charge is -2.08. The number of likely N-dealkylation sites (N-methyl/N-ethyl adjacent to an activating group) is 1. The van der Waals surface area contributed by atoms with Crippen molar-refractivity contribution in [3.63, 3.8) is 0 Å². The highest BCUT2D eigenvalue weighted by Crippen LogP contribution is 2.29. The van der Waals surface area contributed by atoms with Crippen LogP contribution in [0.25, 0.3) is 0 Å². The van der Waals surface area contributed by atoms with E-state index in [0.29, 0.717) is 12.4 Å². The van der Waals surface area contributed by atoms with Crippen molar-refractivity contribution in [2.45, 2.75) is 6.92 Å². The van der Waals surface area contributed by atoms with E-state index in [1.165, 1.54) is 0 Å². The van der Waals surface area contributed by atoms with E-state index in [1.807, 2.05) is 6.92 Å². The first-order valence-electron chi connectivity index (χ1n) is 4.83. The third-order valence-corrected chi connectivity index (χ3v) is 1.94. The summed E-state index contributed by atoms with van der Waals surface area (Å²) in [4.78, 5) is 11.5. The van der Waals surface area contributed by atoms with Gasteiger partial charge in [0.25, 0.3) is 0 Å². The molecule has 0 aliphatic heterocycles. The Kier molecular flexibility index (Phi) is 4.12. The average Bonchev–Trinajstić information content (AvgIpc) is 2.22. The van der Waals surface area contributed by atoms with Crippen molar-refractivity contribution in [2.24, 2.45) is 0 Å². The van der Waals surface area contributed by atoms with Gasteiger partial charge in [0.15, 0.2) is 17.3 Å². The number of carbonyl (C=O) groups is 1. The van der Waals surface area contributed by atoms with Gasteiger partial charge in [-0.1, -0.05) is 6.07 Å². The third kappa shape index (κ3) is 2.70. The van der Waals surface area contributed by atoms with Gasteiger partial charge in [-0.2, -0.15) is 0 Å². The number of carbonyl (C=O) groups excluding carboxylic acids is 1. The molecule has 0 heterocycles. The van der Waals surface area contributed by atoms with Crippen molar-refractivity contribution in [1.29, 1.82) is 0 Å². The molecule has 4 nitrogen and oxygen atoms in total. The van der Waals surface area contributed by atoms with E-state index in [0.717, 1.165) is 0 Å². The molecule has 0 bridgehead atoms. The van der Waals surface area contributed by atoms with Gasteiger partial charge in [-0.25, -0.2) is 0 Å². The predicted molar refractivity (Wildman–Crippen MR) is 57.5 cm³/mol. The highest BCUT2D eigenvalue weighted by atomic mass is 16.5. The van der Waals surface area contributed by atoms with Gasteiger partial charge >= 0.3 is 0 Å². The normalized spacial score (nSPS) is 10.0. The summed E-state index contributed by atoms with van der Waals surface area (Å²) in [6, 6.07) is 4.90. The highest BCUT2D eigenvalue weighted by molar-refractivity contribution is 6.00. The molecule has 2 N–H and O–H groups in total. The molecular formula is C11H15NO3. The van der Waals surface area contributed by atoms with Gasteiger partial charge in [-0.3, -0.25) is 4.79 Å². The minimum atomic E-state index is -0.156.